The first-order valence-corrected chi connectivity index (χ1v) is 6.69. The van der Waals surface area contributed by atoms with Crippen LogP contribution < -0.4 is 0 Å². The minimum atomic E-state index is -0.151. The minimum Gasteiger partial charge on any atom is -0.308 e. The number of ketones is 1. The Kier molecular flexibility index (Phi) is 4.52. The van der Waals surface area contributed by atoms with Crippen molar-refractivity contribution in [1.82, 2.24) is 19.7 Å². The number of likely N-dealkylation sites (N-methyl/N-ethyl adjacent to an activating group) is 1. The van der Waals surface area contributed by atoms with E-state index in [1.54, 1.807) is 23.1 Å². The Morgan fingerprint density at radius 3 is 2.75 bits per heavy atom. The lowest BCUT2D eigenvalue weighted by Crippen LogP contribution is -2.21. The zero-order chi connectivity index (χ0) is 14.7. The van der Waals surface area contributed by atoms with Crippen LogP contribution in [-0.4, -0.2) is 46.1 Å². The highest BCUT2D eigenvalue weighted by molar-refractivity contribution is 6.34. The Balaban J connectivity index is 2.32. The zero-order valence-corrected chi connectivity index (χ0v) is 12.6. The van der Waals surface area contributed by atoms with Crippen LogP contribution in [0.5, 0.6) is 0 Å². The summed E-state index contributed by atoms with van der Waals surface area (Å²) in [6, 6.07) is 1.80. The maximum absolute atomic E-state index is 12.5. The van der Waals surface area contributed by atoms with Gasteiger partial charge in [0.1, 0.15) is 5.69 Å². The molecule has 5 nitrogen and oxygen atoms in total. The number of nitrogens with zero attached hydrogens (tertiary/aromatic N) is 4. The average molecular weight is 293 g/mol. The van der Waals surface area contributed by atoms with Crippen LogP contribution in [0, 0.1) is 6.92 Å². The third-order valence-corrected chi connectivity index (χ3v) is 3.18. The van der Waals surface area contributed by atoms with E-state index in [-0.39, 0.29) is 5.78 Å². The van der Waals surface area contributed by atoms with Gasteiger partial charge < -0.3 is 4.90 Å². The molecule has 2 heterocycles. The first kappa shape index (κ1) is 14.7. The van der Waals surface area contributed by atoms with Crippen LogP contribution in [0.15, 0.2) is 24.7 Å². The Hall–Kier alpha value is -1.72. The molecule has 0 aliphatic rings. The lowest BCUT2D eigenvalue weighted by molar-refractivity contribution is 0.102. The predicted octanol–water partition coefficient (Wildman–Crippen LogP) is 2.03. The van der Waals surface area contributed by atoms with Crippen LogP contribution in [0.3, 0.4) is 0 Å². The lowest BCUT2D eigenvalue weighted by atomic mass is 10.1. The first-order chi connectivity index (χ1) is 9.49. The third kappa shape index (κ3) is 3.23. The van der Waals surface area contributed by atoms with Crippen molar-refractivity contribution < 1.29 is 4.79 Å². The van der Waals surface area contributed by atoms with E-state index in [1.807, 2.05) is 25.9 Å². The van der Waals surface area contributed by atoms with Gasteiger partial charge in [0.2, 0.25) is 5.78 Å². The summed E-state index contributed by atoms with van der Waals surface area (Å²) in [5.74, 6) is -0.151. The largest absolute Gasteiger partial charge is 0.308 e. The number of carbonyl (C=O) groups excluding carboxylic acids is 1. The molecule has 2 rings (SSSR count). The summed E-state index contributed by atoms with van der Waals surface area (Å²) in [6.45, 7) is 3.29. The summed E-state index contributed by atoms with van der Waals surface area (Å²) in [5.41, 5.74) is 1.88. The van der Waals surface area contributed by atoms with Crippen molar-refractivity contribution in [2.24, 2.45) is 0 Å². The first-order valence-electron chi connectivity index (χ1n) is 6.31. The third-order valence-electron chi connectivity index (χ3n) is 2.91. The summed E-state index contributed by atoms with van der Waals surface area (Å²) < 4.78 is 1.65. The van der Waals surface area contributed by atoms with E-state index in [0.29, 0.717) is 22.8 Å². The molecule has 0 amide bonds. The number of hydrogen-bond donors (Lipinski definition) is 0. The van der Waals surface area contributed by atoms with Crippen LogP contribution in [-0.2, 0) is 6.54 Å². The maximum Gasteiger partial charge on any atom is 0.214 e. The molecule has 106 valence electrons. The fraction of sp³-hybridized carbons (Fsp3) is 0.357. The molecule has 0 aliphatic heterocycles. The summed E-state index contributed by atoms with van der Waals surface area (Å²) in [7, 11) is 3.94. The topological polar surface area (TPSA) is 51.0 Å². The van der Waals surface area contributed by atoms with Crippen molar-refractivity contribution in [3.05, 3.63) is 46.5 Å². The number of carbonyl (C=O) groups is 1. The van der Waals surface area contributed by atoms with Crippen LogP contribution in [0.25, 0.3) is 0 Å². The van der Waals surface area contributed by atoms with Crippen molar-refractivity contribution in [2.75, 3.05) is 20.6 Å². The molecule has 2 aromatic heterocycles. The Morgan fingerprint density at radius 2 is 2.10 bits per heavy atom. The number of aromatic nitrogens is 3. The molecule has 0 N–H and O–H groups in total. The van der Waals surface area contributed by atoms with E-state index in [4.69, 9.17) is 11.6 Å². The second-order valence-corrected chi connectivity index (χ2v) is 5.35. The van der Waals surface area contributed by atoms with Crippen molar-refractivity contribution in [3.8, 4) is 0 Å². The second-order valence-electron chi connectivity index (χ2n) is 4.95. The number of pyridine rings is 1. The van der Waals surface area contributed by atoms with Gasteiger partial charge in [0.15, 0.2) is 0 Å². The standard InChI is InChI=1S/C14H17ClN4O/c1-10-6-11(8-16-7-10)14(20)13-12(15)9-17-19(13)5-4-18(2)3/h6-9H,4-5H2,1-3H3. The lowest BCUT2D eigenvalue weighted by Gasteiger charge is -2.11. The molecule has 0 spiro atoms. The molecule has 6 heteroatoms. The van der Waals surface area contributed by atoms with Crippen molar-refractivity contribution >= 4 is 17.4 Å². The summed E-state index contributed by atoms with van der Waals surface area (Å²) in [6.07, 6.45) is 4.77. The van der Waals surface area contributed by atoms with Gasteiger partial charge in [0.25, 0.3) is 0 Å². The number of halogens is 1. The molecule has 0 saturated carbocycles. The fourth-order valence-electron chi connectivity index (χ4n) is 1.87. The van der Waals surface area contributed by atoms with Gasteiger partial charge in [-0.3, -0.25) is 14.5 Å². The molecule has 0 aromatic carbocycles. The summed E-state index contributed by atoms with van der Waals surface area (Å²) in [5, 5.41) is 4.54. The normalized spacial score (nSPS) is 11.1. The highest BCUT2D eigenvalue weighted by Crippen LogP contribution is 2.19. The van der Waals surface area contributed by atoms with Crippen molar-refractivity contribution in [3.63, 3.8) is 0 Å². The highest BCUT2D eigenvalue weighted by Gasteiger charge is 2.19. The van der Waals surface area contributed by atoms with Gasteiger partial charge in [0.05, 0.1) is 17.8 Å². The van der Waals surface area contributed by atoms with Crippen LogP contribution >= 0.6 is 11.6 Å². The van der Waals surface area contributed by atoms with Crippen LogP contribution in [0.2, 0.25) is 5.02 Å². The fourth-order valence-corrected chi connectivity index (χ4v) is 2.10. The quantitative estimate of drug-likeness (QED) is 0.791. The minimum absolute atomic E-state index is 0.151. The van der Waals surface area contributed by atoms with Gasteiger partial charge in [0, 0.05) is 24.5 Å². The SMILES string of the molecule is Cc1cncc(C(=O)c2c(Cl)cnn2CCN(C)C)c1. The zero-order valence-electron chi connectivity index (χ0n) is 11.8. The van der Waals surface area contributed by atoms with E-state index in [9.17, 15) is 4.79 Å². The van der Waals surface area contributed by atoms with E-state index in [2.05, 4.69) is 10.1 Å². The van der Waals surface area contributed by atoms with E-state index >= 15 is 0 Å². The van der Waals surface area contributed by atoms with Gasteiger partial charge in [-0.1, -0.05) is 11.6 Å². The van der Waals surface area contributed by atoms with Crippen LogP contribution in [0.4, 0.5) is 0 Å². The monoisotopic (exact) mass is 292 g/mol. The number of rotatable bonds is 5. The summed E-state index contributed by atoms with van der Waals surface area (Å²) in [4.78, 5) is 18.6. The Bertz CT molecular complexity index is 621. The van der Waals surface area contributed by atoms with Gasteiger partial charge in [-0.15, -0.1) is 0 Å². The molecule has 2 aromatic rings. The number of aryl methyl sites for hydroxylation is 1. The Labute approximate surface area is 123 Å². The predicted molar refractivity (Wildman–Crippen MR) is 78.2 cm³/mol. The molecule has 20 heavy (non-hydrogen) atoms. The van der Waals surface area contributed by atoms with E-state index < -0.39 is 0 Å². The molecule has 0 fully saturated rings. The second kappa shape index (κ2) is 6.15. The van der Waals surface area contributed by atoms with Crippen molar-refractivity contribution in [1.29, 1.82) is 0 Å². The Morgan fingerprint density at radius 1 is 1.35 bits per heavy atom. The van der Waals surface area contributed by atoms with Gasteiger partial charge in [-0.25, -0.2) is 0 Å². The molecule has 0 unspecified atom stereocenters. The average Bonchev–Trinajstić information content (AvgIpc) is 2.76. The molecule has 0 bridgehead atoms. The molecule has 0 aliphatic carbocycles. The van der Waals surface area contributed by atoms with Gasteiger partial charge in [-0.05, 0) is 32.6 Å². The molecule has 0 saturated heterocycles. The summed E-state index contributed by atoms with van der Waals surface area (Å²) >= 11 is 6.11. The highest BCUT2D eigenvalue weighted by atomic mass is 35.5. The van der Waals surface area contributed by atoms with E-state index in [1.165, 1.54) is 6.20 Å². The van der Waals surface area contributed by atoms with Gasteiger partial charge >= 0.3 is 0 Å². The molecular formula is C14H17ClN4O. The maximum atomic E-state index is 12.5. The van der Waals surface area contributed by atoms with E-state index in [0.717, 1.165) is 12.1 Å². The van der Waals surface area contributed by atoms with Crippen LogP contribution in [0.1, 0.15) is 21.6 Å². The van der Waals surface area contributed by atoms with Crippen molar-refractivity contribution in [2.45, 2.75) is 13.5 Å². The number of hydrogen-bond acceptors (Lipinski definition) is 4. The van der Waals surface area contributed by atoms with Gasteiger partial charge in [-0.2, -0.15) is 5.10 Å². The molecule has 0 atom stereocenters. The molecular weight excluding hydrogens is 276 g/mol. The smallest absolute Gasteiger partial charge is 0.214 e. The molecule has 0 radical (unpaired) electrons.